The van der Waals surface area contributed by atoms with Gasteiger partial charge in [-0.1, -0.05) is 47.5 Å². The van der Waals surface area contributed by atoms with Crippen molar-refractivity contribution in [1.29, 1.82) is 0 Å². The molecule has 114 valence electrons. The first kappa shape index (κ1) is 15.4. The van der Waals surface area contributed by atoms with Gasteiger partial charge in [0, 0.05) is 10.0 Å². The van der Waals surface area contributed by atoms with Gasteiger partial charge in [-0.05, 0) is 55.2 Å². The number of halogens is 2. The van der Waals surface area contributed by atoms with Crippen LogP contribution >= 0.6 is 23.2 Å². The second-order valence-corrected chi connectivity index (χ2v) is 6.70. The van der Waals surface area contributed by atoms with E-state index in [0.717, 1.165) is 24.0 Å². The molecule has 4 heteroatoms. The number of carbonyl (C=O) groups is 1. The number of hydrogen-bond donors (Lipinski definition) is 0. The Kier molecular flexibility index (Phi) is 4.16. The Bertz CT molecular complexity index is 696. The Hall–Kier alpha value is -1.51. The van der Waals surface area contributed by atoms with Crippen LogP contribution in [0.2, 0.25) is 10.0 Å². The summed E-state index contributed by atoms with van der Waals surface area (Å²) in [4.78, 5) is 12.6. The molecule has 2 unspecified atom stereocenters. The van der Waals surface area contributed by atoms with Gasteiger partial charge < -0.3 is 4.74 Å². The van der Waals surface area contributed by atoms with E-state index in [4.69, 9.17) is 27.9 Å². The van der Waals surface area contributed by atoms with Crippen LogP contribution in [0.25, 0.3) is 0 Å². The van der Waals surface area contributed by atoms with E-state index in [-0.39, 0.29) is 12.1 Å². The number of ether oxygens (including phenoxy) is 1. The first-order valence-electron chi connectivity index (χ1n) is 7.22. The van der Waals surface area contributed by atoms with Crippen molar-refractivity contribution in [2.45, 2.75) is 31.3 Å². The summed E-state index contributed by atoms with van der Waals surface area (Å²) in [5, 5.41) is 1.31. The zero-order chi connectivity index (χ0) is 15.7. The van der Waals surface area contributed by atoms with Crippen LogP contribution in [0.1, 0.15) is 37.0 Å². The first-order valence-corrected chi connectivity index (χ1v) is 7.97. The molecule has 2 aromatic carbocycles. The number of carbonyl (C=O) groups excluding carboxylic acids is 1. The molecule has 2 nitrogen and oxygen atoms in total. The lowest BCUT2D eigenvalue weighted by molar-refractivity contribution is -0.163. The minimum atomic E-state index is -0.645. The van der Waals surface area contributed by atoms with Gasteiger partial charge in [-0.2, -0.15) is 0 Å². The molecule has 2 aromatic rings. The largest absolute Gasteiger partial charge is 0.457 e. The molecule has 0 N–H and O–H groups in total. The smallest absolute Gasteiger partial charge is 0.316 e. The zero-order valence-corrected chi connectivity index (χ0v) is 13.7. The van der Waals surface area contributed by atoms with Crippen molar-refractivity contribution >= 4 is 29.2 Å². The Morgan fingerprint density at radius 1 is 1.09 bits per heavy atom. The van der Waals surface area contributed by atoms with E-state index >= 15 is 0 Å². The Morgan fingerprint density at radius 2 is 1.82 bits per heavy atom. The molecule has 2 atom stereocenters. The van der Waals surface area contributed by atoms with Crippen LogP contribution < -0.4 is 0 Å². The highest BCUT2D eigenvalue weighted by atomic mass is 35.5. The molecule has 0 aliphatic carbocycles. The normalized spacial score (nSPS) is 24.9. The fraction of sp³-hybridized carbons (Fsp3) is 0.278. The summed E-state index contributed by atoms with van der Waals surface area (Å²) in [5.41, 5.74) is 1.24. The van der Waals surface area contributed by atoms with Crippen molar-refractivity contribution in [1.82, 2.24) is 0 Å². The molecule has 1 saturated heterocycles. The van der Waals surface area contributed by atoms with Gasteiger partial charge >= 0.3 is 5.97 Å². The van der Waals surface area contributed by atoms with Crippen molar-refractivity contribution in [2.24, 2.45) is 0 Å². The quantitative estimate of drug-likeness (QED) is 0.694. The molecule has 0 bridgehead atoms. The van der Waals surface area contributed by atoms with Crippen molar-refractivity contribution in [3.8, 4) is 0 Å². The van der Waals surface area contributed by atoms with Crippen LogP contribution in [0.5, 0.6) is 0 Å². The highest BCUT2D eigenvalue weighted by Gasteiger charge is 2.42. The van der Waals surface area contributed by atoms with E-state index in [1.165, 1.54) is 0 Å². The monoisotopic (exact) mass is 334 g/mol. The molecule has 0 radical (unpaired) electrons. The lowest BCUT2D eigenvalue weighted by atomic mass is 9.75. The minimum Gasteiger partial charge on any atom is -0.457 e. The molecule has 1 aliphatic heterocycles. The number of rotatable bonds is 2. The highest BCUT2D eigenvalue weighted by Crippen LogP contribution is 2.41. The minimum absolute atomic E-state index is 0.207. The third kappa shape index (κ3) is 2.86. The van der Waals surface area contributed by atoms with Crippen molar-refractivity contribution in [3.05, 3.63) is 69.7 Å². The van der Waals surface area contributed by atoms with E-state index < -0.39 is 5.41 Å². The number of cyclic esters (lactones) is 1. The highest BCUT2D eigenvalue weighted by molar-refractivity contribution is 6.30. The first-order chi connectivity index (χ1) is 10.5. The lowest BCUT2D eigenvalue weighted by Gasteiger charge is -2.36. The van der Waals surface area contributed by atoms with Gasteiger partial charge in [0.25, 0.3) is 0 Å². The van der Waals surface area contributed by atoms with Crippen LogP contribution in [0, 0.1) is 0 Å². The van der Waals surface area contributed by atoms with E-state index in [2.05, 4.69) is 0 Å². The van der Waals surface area contributed by atoms with E-state index in [1.54, 1.807) is 6.07 Å². The summed E-state index contributed by atoms with van der Waals surface area (Å²) in [7, 11) is 0. The summed E-state index contributed by atoms with van der Waals surface area (Å²) >= 11 is 11.9. The molecule has 0 saturated carbocycles. The molecular weight excluding hydrogens is 319 g/mol. The van der Waals surface area contributed by atoms with Gasteiger partial charge in [0.2, 0.25) is 0 Å². The summed E-state index contributed by atoms with van der Waals surface area (Å²) in [6, 6.07) is 14.9. The topological polar surface area (TPSA) is 26.3 Å². The summed E-state index contributed by atoms with van der Waals surface area (Å²) in [6.45, 7) is 1.92. The molecule has 22 heavy (non-hydrogen) atoms. The maximum absolute atomic E-state index is 12.6. The molecule has 0 amide bonds. The summed E-state index contributed by atoms with van der Waals surface area (Å²) in [5.74, 6) is -0.207. The maximum Gasteiger partial charge on any atom is 0.316 e. The molecule has 0 aromatic heterocycles. The Labute approximate surface area is 140 Å². The Morgan fingerprint density at radius 3 is 2.45 bits per heavy atom. The SMILES string of the molecule is CC1(c2cccc(Cl)c2)CCC(c2ccc(Cl)cc2)OC1=O. The van der Waals surface area contributed by atoms with Crippen LogP contribution in [0.3, 0.4) is 0 Å². The second-order valence-electron chi connectivity index (χ2n) is 5.83. The predicted octanol–water partition coefficient (Wildman–Crippen LogP) is 5.33. The fourth-order valence-corrected chi connectivity index (χ4v) is 3.16. The fourth-order valence-electron chi connectivity index (χ4n) is 2.85. The molecule has 1 fully saturated rings. The third-order valence-electron chi connectivity index (χ3n) is 4.31. The Balaban J connectivity index is 1.83. The van der Waals surface area contributed by atoms with E-state index in [1.807, 2.05) is 49.4 Å². The standard InChI is InChI=1S/C18H16Cl2O2/c1-18(13-3-2-4-15(20)11-13)10-9-16(22-17(18)21)12-5-7-14(19)8-6-12/h2-8,11,16H,9-10H2,1H3. The number of hydrogen-bond acceptors (Lipinski definition) is 2. The molecule has 0 spiro atoms. The van der Waals surface area contributed by atoms with E-state index in [0.29, 0.717) is 10.0 Å². The number of benzene rings is 2. The van der Waals surface area contributed by atoms with E-state index in [9.17, 15) is 4.79 Å². The number of esters is 1. The third-order valence-corrected chi connectivity index (χ3v) is 4.80. The van der Waals surface area contributed by atoms with Crippen LogP contribution in [-0.4, -0.2) is 5.97 Å². The van der Waals surface area contributed by atoms with Gasteiger partial charge in [-0.15, -0.1) is 0 Å². The van der Waals surface area contributed by atoms with Crippen molar-refractivity contribution in [3.63, 3.8) is 0 Å². The zero-order valence-electron chi connectivity index (χ0n) is 12.2. The van der Waals surface area contributed by atoms with Gasteiger partial charge in [-0.25, -0.2) is 0 Å². The molecule has 3 rings (SSSR count). The lowest BCUT2D eigenvalue weighted by Crippen LogP contribution is -2.39. The second kappa shape index (κ2) is 5.94. The molecular formula is C18H16Cl2O2. The molecule has 1 heterocycles. The summed E-state index contributed by atoms with van der Waals surface area (Å²) < 4.78 is 5.70. The van der Waals surface area contributed by atoms with Crippen LogP contribution in [-0.2, 0) is 14.9 Å². The van der Waals surface area contributed by atoms with Crippen LogP contribution in [0.15, 0.2) is 48.5 Å². The average molecular weight is 335 g/mol. The van der Waals surface area contributed by atoms with Crippen molar-refractivity contribution < 1.29 is 9.53 Å². The average Bonchev–Trinajstić information content (AvgIpc) is 2.51. The van der Waals surface area contributed by atoms with Crippen LogP contribution in [0.4, 0.5) is 0 Å². The maximum atomic E-state index is 12.6. The van der Waals surface area contributed by atoms with Gasteiger partial charge in [-0.3, -0.25) is 4.79 Å². The van der Waals surface area contributed by atoms with Crippen molar-refractivity contribution in [2.75, 3.05) is 0 Å². The van der Waals surface area contributed by atoms with Gasteiger partial charge in [0.05, 0.1) is 5.41 Å². The predicted molar refractivity (Wildman–Crippen MR) is 88.3 cm³/mol. The summed E-state index contributed by atoms with van der Waals surface area (Å²) in [6.07, 6.45) is 1.28. The van der Waals surface area contributed by atoms with Gasteiger partial charge in [0.15, 0.2) is 0 Å². The van der Waals surface area contributed by atoms with Gasteiger partial charge in [0.1, 0.15) is 6.10 Å². The molecule has 1 aliphatic rings.